The topological polar surface area (TPSA) is 15.3 Å². The largest absolute Gasteiger partial charge is 0.401 e. The Bertz CT molecular complexity index is 482. The molecule has 1 aliphatic heterocycles. The van der Waals surface area contributed by atoms with Crippen molar-refractivity contribution in [1.82, 2.24) is 10.2 Å². The number of hydrogen-bond donors (Lipinski definition) is 1. The van der Waals surface area contributed by atoms with E-state index >= 15 is 0 Å². The number of hydrogen-bond acceptors (Lipinski definition) is 2. The van der Waals surface area contributed by atoms with Crippen molar-refractivity contribution in [3.8, 4) is 0 Å². The van der Waals surface area contributed by atoms with Crippen LogP contribution in [0.4, 0.5) is 13.2 Å². The molecular formula is C14H17BrClF3N2. The third-order valence-corrected chi connectivity index (χ3v) is 4.39. The highest BCUT2D eigenvalue weighted by Crippen LogP contribution is 2.23. The van der Waals surface area contributed by atoms with E-state index in [2.05, 4.69) is 21.2 Å². The average molecular weight is 386 g/mol. The number of nitrogens with zero attached hydrogens (tertiary/aromatic N) is 1. The van der Waals surface area contributed by atoms with Gasteiger partial charge in [-0.3, -0.25) is 4.90 Å². The molecule has 0 aliphatic carbocycles. The SMILES string of the molecule is FC(F)(F)CN1CCC(CNCc2cc(Br)ccc2Cl)C1. The van der Waals surface area contributed by atoms with E-state index in [-0.39, 0.29) is 5.92 Å². The Morgan fingerprint density at radius 2 is 2.14 bits per heavy atom. The van der Waals surface area contributed by atoms with Gasteiger partial charge in [-0.05, 0) is 49.2 Å². The molecule has 1 aromatic carbocycles. The molecule has 1 aromatic rings. The van der Waals surface area contributed by atoms with Crippen molar-refractivity contribution in [2.75, 3.05) is 26.2 Å². The highest BCUT2D eigenvalue weighted by Gasteiger charge is 2.34. The summed E-state index contributed by atoms with van der Waals surface area (Å²) in [5.41, 5.74) is 0.983. The lowest BCUT2D eigenvalue weighted by Gasteiger charge is -2.18. The van der Waals surface area contributed by atoms with Crippen LogP contribution in [0.3, 0.4) is 0 Å². The normalized spacial score (nSPS) is 20.1. The van der Waals surface area contributed by atoms with Crippen LogP contribution < -0.4 is 5.32 Å². The molecule has 0 amide bonds. The second kappa shape index (κ2) is 7.31. The Morgan fingerprint density at radius 3 is 2.86 bits per heavy atom. The molecule has 118 valence electrons. The van der Waals surface area contributed by atoms with E-state index in [0.717, 1.165) is 16.5 Å². The molecule has 0 radical (unpaired) electrons. The van der Waals surface area contributed by atoms with Gasteiger partial charge in [0, 0.05) is 22.6 Å². The fourth-order valence-corrected chi connectivity index (χ4v) is 3.16. The van der Waals surface area contributed by atoms with Crippen molar-refractivity contribution < 1.29 is 13.2 Å². The molecule has 1 aliphatic rings. The van der Waals surface area contributed by atoms with Gasteiger partial charge in [-0.2, -0.15) is 13.2 Å². The number of nitrogens with one attached hydrogen (secondary N) is 1. The lowest BCUT2D eigenvalue weighted by Crippen LogP contribution is -2.33. The molecule has 1 unspecified atom stereocenters. The van der Waals surface area contributed by atoms with Crippen LogP contribution in [-0.2, 0) is 6.54 Å². The molecule has 0 saturated carbocycles. The highest BCUT2D eigenvalue weighted by molar-refractivity contribution is 9.10. The Balaban J connectivity index is 1.74. The van der Waals surface area contributed by atoms with Gasteiger partial charge in [0.1, 0.15) is 0 Å². The molecule has 0 spiro atoms. The minimum absolute atomic E-state index is 0.262. The first-order valence-electron chi connectivity index (χ1n) is 6.77. The summed E-state index contributed by atoms with van der Waals surface area (Å²) in [6.45, 7) is 1.54. The van der Waals surface area contributed by atoms with Crippen LogP contribution in [0.25, 0.3) is 0 Å². The minimum Gasteiger partial charge on any atom is -0.312 e. The molecule has 1 N–H and O–H groups in total. The van der Waals surface area contributed by atoms with Crippen molar-refractivity contribution in [2.45, 2.75) is 19.1 Å². The predicted octanol–water partition coefficient (Wildman–Crippen LogP) is 4.08. The minimum atomic E-state index is -4.11. The van der Waals surface area contributed by atoms with Gasteiger partial charge in [0.05, 0.1) is 6.54 Å². The van der Waals surface area contributed by atoms with E-state index in [1.165, 1.54) is 4.90 Å². The Hall–Kier alpha value is -0.300. The Labute approximate surface area is 135 Å². The van der Waals surface area contributed by atoms with Crippen LogP contribution in [0.15, 0.2) is 22.7 Å². The quantitative estimate of drug-likeness (QED) is 0.822. The van der Waals surface area contributed by atoms with Crippen molar-refractivity contribution >= 4 is 27.5 Å². The second-order valence-corrected chi connectivity index (χ2v) is 6.69. The smallest absolute Gasteiger partial charge is 0.312 e. The first kappa shape index (κ1) is 17.1. The van der Waals surface area contributed by atoms with Crippen LogP contribution in [0.2, 0.25) is 5.02 Å². The van der Waals surface area contributed by atoms with Crippen molar-refractivity contribution in [3.05, 3.63) is 33.3 Å². The summed E-state index contributed by atoms with van der Waals surface area (Å²) in [7, 11) is 0. The average Bonchev–Trinajstić information content (AvgIpc) is 2.79. The van der Waals surface area contributed by atoms with E-state index in [1.807, 2.05) is 18.2 Å². The van der Waals surface area contributed by atoms with Crippen molar-refractivity contribution in [3.63, 3.8) is 0 Å². The summed E-state index contributed by atoms with van der Waals surface area (Å²) < 4.78 is 37.9. The van der Waals surface area contributed by atoms with Crippen LogP contribution in [0.1, 0.15) is 12.0 Å². The maximum absolute atomic E-state index is 12.3. The zero-order valence-electron chi connectivity index (χ0n) is 11.4. The molecule has 0 aromatic heterocycles. The highest BCUT2D eigenvalue weighted by atomic mass is 79.9. The van der Waals surface area contributed by atoms with E-state index in [0.29, 0.717) is 31.2 Å². The number of benzene rings is 1. The summed E-state index contributed by atoms with van der Waals surface area (Å²) in [4.78, 5) is 1.47. The monoisotopic (exact) mass is 384 g/mol. The summed E-state index contributed by atoms with van der Waals surface area (Å²) in [6.07, 6.45) is -3.30. The summed E-state index contributed by atoms with van der Waals surface area (Å²) in [5.74, 6) is 0.262. The van der Waals surface area contributed by atoms with Gasteiger partial charge in [-0.25, -0.2) is 0 Å². The molecule has 2 nitrogen and oxygen atoms in total. The Morgan fingerprint density at radius 1 is 1.38 bits per heavy atom. The van der Waals surface area contributed by atoms with Gasteiger partial charge in [0.25, 0.3) is 0 Å². The van der Waals surface area contributed by atoms with Crippen LogP contribution in [0, 0.1) is 5.92 Å². The maximum Gasteiger partial charge on any atom is 0.401 e. The standard InChI is InChI=1S/C14H17BrClF3N2/c15-12-1-2-13(16)11(5-12)7-20-6-10-3-4-21(8-10)9-14(17,18)19/h1-2,5,10,20H,3-4,6-9H2. The summed E-state index contributed by atoms with van der Waals surface area (Å²) in [6, 6.07) is 5.64. The molecule has 1 saturated heterocycles. The van der Waals surface area contributed by atoms with Gasteiger partial charge < -0.3 is 5.32 Å². The lowest BCUT2D eigenvalue weighted by atomic mass is 10.1. The van der Waals surface area contributed by atoms with E-state index in [4.69, 9.17) is 11.6 Å². The van der Waals surface area contributed by atoms with Crippen molar-refractivity contribution in [1.29, 1.82) is 0 Å². The fraction of sp³-hybridized carbons (Fsp3) is 0.571. The zero-order chi connectivity index (χ0) is 15.5. The molecule has 7 heteroatoms. The second-order valence-electron chi connectivity index (χ2n) is 5.37. The molecule has 1 atom stereocenters. The summed E-state index contributed by atoms with van der Waals surface area (Å²) in [5, 5.41) is 3.97. The van der Waals surface area contributed by atoms with E-state index < -0.39 is 12.7 Å². The van der Waals surface area contributed by atoms with Crippen LogP contribution >= 0.6 is 27.5 Å². The molecule has 0 bridgehead atoms. The maximum atomic E-state index is 12.3. The molecule has 2 rings (SSSR count). The number of halogens is 5. The molecular weight excluding hydrogens is 369 g/mol. The number of rotatable bonds is 5. The third kappa shape index (κ3) is 5.77. The number of likely N-dealkylation sites (tertiary alicyclic amines) is 1. The van der Waals surface area contributed by atoms with Gasteiger partial charge in [0.15, 0.2) is 0 Å². The third-order valence-electron chi connectivity index (χ3n) is 3.53. The zero-order valence-corrected chi connectivity index (χ0v) is 13.7. The van der Waals surface area contributed by atoms with E-state index in [1.54, 1.807) is 0 Å². The molecule has 1 heterocycles. The van der Waals surface area contributed by atoms with Gasteiger partial charge in [-0.1, -0.05) is 27.5 Å². The van der Waals surface area contributed by atoms with Crippen molar-refractivity contribution in [2.24, 2.45) is 5.92 Å². The lowest BCUT2D eigenvalue weighted by molar-refractivity contribution is -0.143. The van der Waals surface area contributed by atoms with E-state index in [9.17, 15) is 13.2 Å². The first-order chi connectivity index (χ1) is 9.83. The van der Waals surface area contributed by atoms with Gasteiger partial charge in [-0.15, -0.1) is 0 Å². The predicted molar refractivity (Wildman–Crippen MR) is 81.5 cm³/mol. The van der Waals surface area contributed by atoms with Crippen LogP contribution in [-0.4, -0.2) is 37.3 Å². The first-order valence-corrected chi connectivity index (χ1v) is 7.94. The molecule has 1 fully saturated rings. The summed E-state index contributed by atoms with van der Waals surface area (Å²) >= 11 is 9.48. The fourth-order valence-electron chi connectivity index (χ4n) is 2.57. The Kier molecular flexibility index (Phi) is 5.94. The molecule has 21 heavy (non-hydrogen) atoms. The number of alkyl halides is 3. The van der Waals surface area contributed by atoms with Gasteiger partial charge in [0.2, 0.25) is 0 Å². The van der Waals surface area contributed by atoms with Gasteiger partial charge >= 0.3 is 6.18 Å². The van der Waals surface area contributed by atoms with Crippen LogP contribution in [0.5, 0.6) is 0 Å².